The van der Waals surface area contributed by atoms with Crippen LogP contribution in [-0.4, -0.2) is 28.1 Å². The molecule has 3 rings (SSSR count). The van der Waals surface area contributed by atoms with Gasteiger partial charge in [0.25, 0.3) is 0 Å². The van der Waals surface area contributed by atoms with E-state index in [0.29, 0.717) is 22.5 Å². The number of phenols is 2. The molecule has 26 heavy (non-hydrogen) atoms. The van der Waals surface area contributed by atoms with Crippen LogP contribution >= 0.6 is 0 Å². The Hall–Kier alpha value is -2.86. The van der Waals surface area contributed by atoms with Crippen molar-refractivity contribution in [2.75, 3.05) is 0 Å². The van der Waals surface area contributed by atoms with Crippen LogP contribution < -0.4 is 0 Å². The molecule has 131 valence electrons. The largest absolute Gasteiger partial charge is 0.507 e. The normalized spacial score (nSPS) is 10.5. The first kappa shape index (κ1) is 21.2. The summed E-state index contributed by atoms with van der Waals surface area (Å²) >= 11 is 0. The first-order valence-electron chi connectivity index (χ1n) is 7.47. The van der Waals surface area contributed by atoms with Gasteiger partial charge in [-0.3, -0.25) is 9.98 Å². The molecule has 0 atom stereocenters. The second kappa shape index (κ2) is 10.2. The van der Waals surface area contributed by atoms with E-state index in [9.17, 15) is 10.2 Å². The van der Waals surface area contributed by atoms with E-state index in [1.54, 1.807) is 48.8 Å². The molecule has 0 saturated heterocycles. The first-order chi connectivity index (χ1) is 11.7. The minimum atomic E-state index is 0. The zero-order valence-corrected chi connectivity index (χ0v) is 15.2. The van der Waals surface area contributed by atoms with Gasteiger partial charge in [-0.2, -0.15) is 0 Å². The number of hydrogen-bond acceptors (Lipinski definition) is 4. The third-order valence-corrected chi connectivity index (χ3v) is 3.44. The van der Waals surface area contributed by atoms with Gasteiger partial charge in [-0.25, -0.2) is 0 Å². The summed E-state index contributed by atoms with van der Waals surface area (Å²) in [5.74, 6) is 0.355. The third kappa shape index (κ3) is 5.32. The van der Waals surface area contributed by atoms with Gasteiger partial charge in [-0.15, -0.1) is 0 Å². The molecule has 0 spiro atoms. The quantitative estimate of drug-likeness (QED) is 0.669. The maximum atomic E-state index is 9.79. The summed E-state index contributed by atoms with van der Waals surface area (Å²) in [6.07, 6.45) is 3.20. The molecule has 6 heteroatoms. The summed E-state index contributed by atoms with van der Waals surface area (Å²) in [5.41, 5.74) is 2.62. The number of benzene rings is 3. The van der Waals surface area contributed by atoms with E-state index in [0.717, 1.165) is 0 Å². The van der Waals surface area contributed by atoms with Crippen LogP contribution in [0.1, 0.15) is 11.1 Å². The van der Waals surface area contributed by atoms with Crippen LogP contribution in [0.5, 0.6) is 11.5 Å². The fourth-order valence-electron chi connectivity index (χ4n) is 2.15. The van der Waals surface area contributed by atoms with Crippen molar-refractivity contribution in [3.63, 3.8) is 0 Å². The molecule has 3 aromatic carbocycles. The summed E-state index contributed by atoms with van der Waals surface area (Å²) in [5, 5.41) is 19.6. The maximum absolute atomic E-state index is 9.79. The number of phenolic OH excluding ortho intramolecular Hbond substituents is 2. The van der Waals surface area contributed by atoms with E-state index < -0.39 is 0 Å². The minimum absolute atomic E-state index is 0. The Bertz CT molecular complexity index is 836. The van der Waals surface area contributed by atoms with Gasteiger partial charge in [-0.1, -0.05) is 36.4 Å². The summed E-state index contributed by atoms with van der Waals surface area (Å²) in [4.78, 5) is 8.82. The first-order valence-corrected chi connectivity index (χ1v) is 7.47. The Kier molecular flexibility index (Phi) is 8.32. The summed E-state index contributed by atoms with van der Waals surface area (Å²) in [7, 11) is 0. The molecule has 0 fully saturated rings. The van der Waals surface area contributed by atoms with Crippen LogP contribution in [0.3, 0.4) is 0 Å². The second-order valence-electron chi connectivity index (χ2n) is 5.12. The number of nitrogens with zero attached hydrogens (tertiary/aromatic N) is 2. The predicted molar refractivity (Wildman–Crippen MR) is 101 cm³/mol. The van der Waals surface area contributed by atoms with Crippen LogP contribution in [0.15, 0.2) is 82.8 Å². The molecule has 0 aromatic heterocycles. The number of hydrogen-bond donors (Lipinski definition) is 2. The van der Waals surface area contributed by atoms with Crippen molar-refractivity contribution >= 4 is 23.8 Å². The van der Waals surface area contributed by atoms with Gasteiger partial charge in [0.15, 0.2) is 0 Å². The monoisotopic (exact) mass is 385 g/mol. The van der Waals surface area contributed by atoms with Gasteiger partial charge in [0, 0.05) is 42.1 Å². The molecule has 0 amide bonds. The van der Waals surface area contributed by atoms with Gasteiger partial charge >= 0.3 is 0 Å². The Balaban J connectivity index is 0.00000169. The summed E-state index contributed by atoms with van der Waals surface area (Å²) in [6, 6.07) is 21.4. The van der Waals surface area contributed by atoms with Crippen molar-refractivity contribution in [1.82, 2.24) is 0 Å². The summed E-state index contributed by atoms with van der Waals surface area (Å²) in [6.45, 7) is 0. The van der Waals surface area contributed by atoms with E-state index in [1.807, 2.05) is 36.4 Å². The van der Waals surface area contributed by atoms with Crippen molar-refractivity contribution in [2.45, 2.75) is 0 Å². The van der Waals surface area contributed by atoms with Crippen molar-refractivity contribution in [3.05, 3.63) is 83.9 Å². The molecule has 0 aliphatic carbocycles. The minimum Gasteiger partial charge on any atom is -0.507 e. The van der Waals surface area contributed by atoms with Gasteiger partial charge in [-0.05, 0) is 36.4 Å². The standard InChI is InChI=1S/C20H16N2O2.H2O.V/c23-19-11-5-1-7-15(19)13-21-17-9-3-4-10-18(17)22-14-16-8-2-6-12-20(16)24;;/h1-14,23-24H;1H2;. The Morgan fingerprint density at radius 3 is 1.31 bits per heavy atom. The van der Waals surface area contributed by atoms with Gasteiger partial charge in [0.05, 0.1) is 11.4 Å². The fraction of sp³-hybridized carbons (Fsp3) is 0. The average molecular weight is 385 g/mol. The van der Waals surface area contributed by atoms with Gasteiger partial charge in [0.2, 0.25) is 0 Å². The number of aromatic hydroxyl groups is 2. The van der Waals surface area contributed by atoms with Crippen molar-refractivity contribution in [2.24, 2.45) is 9.98 Å². The molecular formula is C20H18N2O3V. The van der Waals surface area contributed by atoms with Crippen LogP contribution in [0, 0.1) is 0 Å². The molecule has 0 saturated carbocycles. The number of aliphatic imine (C=N–C) groups is 2. The molecular weight excluding hydrogens is 367 g/mol. The summed E-state index contributed by atoms with van der Waals surface area (Å²) < 4.78 is 0. The molecule has 0 unspecified atom stereocenters. The van der Waals surface area contributed by atoms with Crippen LogP contribution in [0.25, 0.3) is 0 Å². The van der Waals surface area contributed by atoms with Gasteiger partial charge < -0.3 is 15.7 Å². The smallest absolute Gasteiger partial charge is 0.124 e. The number of para-hydroxylation sites is 4. The van der Waals surface area contributed by atoms with Gasteiger partial charge in [0.1, 0.15) is 11.5 Å². The van der Waals surface area contributed by atoms with E-state index >= 15 is 0 Å². The molecule has 0 aliphatic rings. The van der Waals surface area contributed by atoms with Crippen LogP contribution in [0.4, 0.5) is 11.4 Å². The van der Waals surface area contributed by atoms with E-state index in [2.05, 4.69) is 9.98 Å². The Morgan fingerprint density at radius 2 is 0.923 bits per heavy atom. The molecule has 0 heterocycles. The van der Waals surface area contributed by atoms with Crippen LogP contribution in [0.2, 0.25) is 0 Å². The fourth-order valence-corrected chi connectivity index (χ4v) is 2.15. The third-order valence-electron chi connectivity index (χ3n) is 3.44. The van der Waals surface area contributed by atoms with E-state index in [4.69, 9.17) is 0 Å². The molecule has 0 aliphatic heterocycles. The zero-order valence-electron chi connectivity index (χ0n) is 13.8. The zero-order chi connectivity index (χ0) is 16.8. The van der Waals surface area contributed by atoms with Crippen molar-refractivity contribution in [1.29, 1.82) is 0 Å². The number of rotatable bonds is 4. The predicted octanol–water partition coefficient (Wildman–Crippen LogP) is 3.77. The molecule has 4 N–H and O–H groups in total. The van der Waals surface area contributed by atoms with E-state index in [-0.39, 0.29) is 35.5 Å². The molecule has 3 aromatic rings. The topological polar surface area (TPSA) is 96.7 Å². The molecule has 5 nitrogen and oxygen atoms in total. The van der Waals surface area contributed by atoms with Crippen molar-refractivity contribution in [3.8, 4) is 11.5 Å². The molecule has 0 bridgehead atoms. The second-order valence-corrected chi connectivity index (χ2v) is 5.12. The Labute approximate surface area is 163 Å². The maximum Gasteiger partial charge on any atom is 0.124 e. The van der Waals surface area contributed by atoms with Crippen LogP contribution in [-0.2, 0) is 18.6 Å². The van der Waals surface area contributed by atoms with E-state index in [1.165, 1.54) is 0 Å². The average Bonchev–Trinajstić information content (AvgIpc) is 2.61. The van der Waals surface area contributed by atoms with Crippen molar-refractivity contribution < 1.29 is 34.2 Å². The Morgan fingerprint density at radius 1 is 0.577 bits per heavy atom. The SMILES string of the molecule is O.Oc1ccccc1C=Nc1ccccc1N=Cc1ccccc1O.[V]. The molecule has 1 radical (unpaired) electrons.